The van der Waals surface area contributed by atoms with Crippen LogP contribution in [0.4, 0.5) is 11.4 Å². The summed E-state index contributed by atoms with van der Waals surface area (Å²) in [6.45, 7) is 2.95. The van der Waals surface area contributed by atoms with Crippen LogP contribution in [0.15, 0.2) is 48.5 Å². The first-order valence-electron chi connectivity index (χ1n) is 9.72. The van der Waals surface area contributed by atoms with Crippen molar-refractivity contribution < 1.29 is 18.6 Å². The van der Waals surface area contributed by atoms with Gasteiger partial charge in [-0.15, -0.1) is 0 Å². The Labute approximate surface area is 171 Å². The van der Waals surface area contributed by atoms with E-state index in [1.165, 1.54) is 13.8 Å². The largest absolute Gasteiger partial charge is 0.443 e. The third-order valence-electron chi connectivity index (χ3n) is 4.75. The van der Waals surface area contributed by atoms with Gasteiger partial charge in [-0.25, -0.2) is 0 Å². The predicted molar refractivity (Wildman–Crippen MR) is 119 cm³/mol. The summed E-state index contributed by atoms with van der Waals surface area (Å²) in [4.78, 5) is 22.4. The second-order valence-electron chi connectivity index (χ2n) is 7.26. The van der Waals surface area contributed by atoms with Crippen LogP contribution in [0.5, 0.6) is 11.5 Å². The standard InChI is InChI=1S/C22H27N2O4P/c1-16(25)23-18-8-12-20(13-9-18)27-29(3,22-6-4-5-7-22)28-21-14-10-19(11-15-21)24-17(2)26/h8-15,22H,3-7H2,1-2H3,(H,23,25)(H,24,26). The van der Waals surface area contributed by atoms with Crippen molar-refractivity contribution in [1.82, 2.24) is 0 Å². The minimum Gasteiger partial charge on any atom is -0.443 e. The number of anilines is 2. The molecule has 0 atom stereocenters. The van der Waals surface area contributed by atoms with Crippen molar-refractivity contribution in [2.75, 3.05) is 10.6 Å². The Bertz CT molecular complexity index is 838. The lowest BCUT2D eigenvalue weighted by molar-refractivity contribution is -0.115. The Morgan fingerprint density at radius 3 is 1.55 bits per heavy atom. The average molecular weight is 414 g/mol. The highest BCUT2D eigenvalue weighted by Gasteiger charge is 2.33. The van der Waals surface area contributed by atoms with Crippen molar-refractivity contribution in [2.24, 2.45) is 0 Å². The zero-order valence-corrected chi connectivity index (χ0v) is 17.7. The van der Waals surface area contributed by atoms with Gasteiger partial charge in [0.2, 0.25) is 19.2 Å². The molecule has 1 aliphatic carbocycles. The predicted octanol–water partition coefficient (Wildman–Crippen LogP) is 5.28. The number of rotatable bonds is 7. The number of nitrogens with one attached hydrogen (secondary N) is 2. The van der Waals surface area contributed by atoms with Gasteiger partial charge in [0.1, 0.15) is 11.5 Å². The van der Waals surface area contributed by atoms with Crippen molar-refractivity contribution in [1.29, 1.82) is 0 Å². The molecule has 0 unspecified atom stereocenters. The molecule has 2 amide bonds. The highest BCUT2D eigenvalue weighted by atomic mass is 31.2. The van der Waals surface area contributed by atoms with Crippen LogP contribution in [0.1, 0.15) is 39.5 Å². The van der Waals surface area contributed by atoms with E-state index in [1.807, 2.05) is 24.3 Å². The first-order valence-corrected chi connectivity index (χ1v) is 11.6. The maximum absolute atomic E-state index is 11.2. The molecule has 0 aliphatic heterocycles. The second-order valence-corrected chi connectivity index (χ2v) is 9.81. The van der Waals surface area contributed by atoms with E-state index < -0.39 is 7.34 Å². The van der Waals surface area contributed by atoms with Crippen molar-refractivity contribution in [3.8, 4) is 11.5 Å². The Balaban J connectivity index is 1.77. The SMILES string of the molecule is C=P(Oc1ccc(NC(C)=O)cc1)(Oc1ccc(NC(C)=O)cc1)C1CCCC1. The van der Waals surface area contributed by atoms with Gasteiger partial charge in [-0.1, -0.05) is 12.8 Å². The summed E-state index contributed by atoms with van der Waals surface area (Å²) in [5, 5.41) is 5.49. The molecule has 0 radical (unpaired) electrons. The highest BCUT2D eigenvalue weighted by molar-refractivity contribution is 7.65. The fraction of sp³-hybridized carbons (Fsp3) is 0.318. The summed E-state index contributed by atoms with van der Waals surface area (Å²) in [5.74, 6) is 1.11. The molecule has 0 heterocycles. The zero-order chi connectivity index (χ0) is 20.9. The van der Waals surface area contributed by atoms with Crippen molar-refractivity contribution >= 4 is 36.8 Å². The molecular weight excluding hydrogens is 387 g/mol. The lowest BCUT2D eigenvalue weighted by Gasteiger charge is -2.31. The summed E-state index contributed by atoms with van der Waals surface area (Å²) in [6.07, 6.45) is 8.78. The number of benzene rings is 2. The zero-order valence-electron chi connectivity index (χ0n) is 16.8. The van der Waals surface area contributed by atoms with Crippen LogP contribution in [0.25, 0.3) is 0 Å². The molecule has 1 fully saturated rings. The van der Waals surface area contributed by atoms with E-state index in [9.17, 15) is 9.59 Å². The van der Waals surface area contributed by atoms with E-state index in [0.717, 1.165) is 25.7 Å². The monoisotopic (exact) mass is 414 g/mol. The van der Waals surface area contributed by atoms with Gasteiger partial charge in [-0.05, 0) is 67.7 Å². The van der Waals surface area contributed by atoms with Crippen molar-refractivity contribution in [3.05, 3.63) is 48.5 Å². The quantitative estimate of drug-likeness (QED) is 0.604. The molecule has 0 bridgehead atoms. The Morgan fingerprint density at radius 1 is 0.828 bits per heavy atom. The summed E-state index contributed by atoms with van der Waals surface area (Å²) in [6, 6.07) is 14.5. The van der Waals surface area contributed by atoms with Crippen LogP contribution in [-0.2, 0) is 9.59 Å². The maximum atomic E-state index is 11.2. The second kappa shape index (κ2) is 9.19. The smallest absolute Gasteiger partial charge is 0.221 e. The van der Waals surface area contributed by atoms with E-state index in [4.69, 9.17) is 9.05 Å². The molecule has 1 aliphatic rings. The molecule has 154 valence electrons. The van der Waals surface area contributed by atoms with Crippen LogP contribution in [-0.4, -0.2) is 23.8 Å². The number of amides is 2. The fourth-order valence-corrected chi connectivity index (χ4v) is 5.87. The van der Waals surface area contributed by atoms with Gasteiger partial charge in [0.05, 0.1) is 0 Å². The topological polar surface area (TPSA) is 76.7 Å². The highest BCUT2D eigenvalue weighted by Crippen LogP contribution is 2.57. The fourth-order valence-electron chi connectivity index (χ4n) is 3.43. The summed E-state index contributed by atoms with van der Waals surface area (Å²) in [7, 11) is -2.47. The van der Waals surface area contributed by atoms with Gasteiger partial charge in [0.25, 0.3) is 0 Å². The van der Waals surface area contributed by atoms with E-state index in [1.54, 1.807) is 24.3 Å². The molecule has 2 N–H and O–H groups in total. The Kier molecular flexibility index (Phi) is 6.65. The number of hydrogen-bond acceptors (Lipinski definition) is 4. The van der Waals surface area contributed by atoms with Crippen LogP contribution in [0.3, 0.4) is 0 Å². The molecule has 7 heteroatoms. The molecule has 0 spiro atoms. The minimum absolute atomic E-state index is 0.116. The van der Waals surface area contributed by atoms with Crippen LogP contribution >= 0.6 is 7.34 Å². The maximum Gasteiger partial charge on any atom is 0.221 e. The molecule has 1 saturated carbocycles. The van der Waals surface area contributed by atoms with Gasteiger partial charge >= 0.3 is 0 Å². The number of carbonyl (C=O) groups excluding carboxylic acids is 2. The Morgan fingerprint density at radius 2 is 1.21 bits per heavy atom. The molecule has 2 aromatic rings. The van der Waals surface area contributed by atoms with E-state index >= 15 is 0 Å². The van der Waals surface area contributed by atoms with Gasteiger partial charge in [-0.3, -0.25) is 9.59 Å². The lowest BCUT2D eigenvalue weighted by atomic mass is 10.3. The third kappa shape index (κ3) is 5.88. The van der Waals surface area contributed by atoms with Crippen molar-refractivity contribution in [2.45, 2.75) is 45.2 Å². The molecule has 0 aromatic heterocycles. The van der Waals surface area contributed by atoms with E-state index in [-0.39, 0.29) is 17.5 Å². The summed E-state index contributed by atoms with van der Waals surface area (Å²) >= 11 is 0. The number of carbonyl (C=O) groups is 2. The molecule has 0 saturated heterocycles. The van der Waals surface area contributed by atoms with Crippen LogP contribution in [0.2, 0.25) is 0 Å². The number of hydrogen-bond donors (Lipinski definition) is 2. The molecular formula is C22H27N2O4P. The molecule has 29 heavy (non-hydrogen) atoms. The molecule has 6 nitrogen and oxygen atoms in total. The molecule has 2 aromatic carbocycles. The first kappa shape index (κ1) is 21.0. The van der Waals surface area contributed by atoms with Crippen molar-refractivity contribution in [3.63, 3.8) is 0 Å². The Hall–Kier alpha value is -2.72. The molecule has 3 rings (SSSR count). The minimum atomic E-state index is -2.47. The van der Waals surface area contributed by atoms with Crippen LogP contribution < -0.4 is 19.7 Å². The van der Waals surface area contributed by atoms with E-state index in [0.29, 0.717) is 22.9 Å². The third-order valence-corrected chi connectivity index (χ3v) is 7.42. The summed E-state index contributed by atoms with van der Waals surface area (Å²) in [5.41, 5.74) is 1.70. The van der Waals surface area contributed by atoms with Crippen LogP contribution in [0, 0.1) is 0 Å². The summed E-state index contributed by atoms with van der Waals surface area (Å²) < 4.78 is 12.7. The normalized spacial score (nSPS) is 14.3. The van der Waals surface area contributed by atoms with Gasteiger partial charge in [0, 0.05) is 30.9 Å². The van der Waals surface area contributed by atoms with Gasteiger partial charge < -0.3 is 19.7 Å². The average Bonchev–Trinajstić information content (AvgIpc) is 3.20. The van der Waals surface area contributed by atoms with E-state index in [2.05, 4.69) is 16.9 Å². The van der Waals surface area contributed by atoms with Gasteiger partial charge in [-0.2, -0.15) is 0 Å². The van der Waals surface area contributed by atoms with Gasteiger partial charge in [0.15, 0.2) is 0 Å². The first-order chi connectivity index (χ1) is 13.8. The lowest BCUT2D eigenvalue weighted by Crippen LogP contribution is -2.14.